The van der Waals surface area contributed by atoms with Crippen molar-refractivity contribution in [1.29, 1.82) is 0 Å². The highest BCUT2D eigenvalue weighted by Crippen LogP contribution is 2.35. The molecule has 2 nitrogen and oxygen atoms in total. The third-order valence-electron chi connectivity index (χ3n) is 2.61. The van der Waals surface area contributed by atoms with Crippen molar-refractivity contribution in [3.63, 3.8) is 0 Å². The zero-order chi connectivity index (χ0) is 13.5. The van der Waals surface area contributed by atoms with Crippen LogP contribution in [0, 0.1) is 5.92 Å². The lowest BCUT2D eigenvalue weighted by Crippen LogP contribution is -2.06. The Kier molecular flexibility index (Phi) is 7.27. The van der Waals surface area contributed by atoms with Crippen LogP contribution in [0.3, 0.4) is 0 Å². The van der Waals surface area contributed by atoms with Crippen molar-refractivity contribution < 1.29 is 4.74 Å². The molecule has 0 saturated carbocycles. The second kappa shape index (κ2) is 8.18. The molecule has 0 saturated heterocycles. The molecule has 0 aliphatic carbocycles. The maximum absolute atomic E-state index is 5.84. The smallest absolute Gasteiger partial charge is 0.147 e. The summed E-state index contributed by atoms with van der Waals surface area (Å²) < 4.78 is 7.85. The fourth-order valence-electron chi connectivity index (χ4n) is 1.72. The molecule has 1 rings (SSSR count). The monoisotopic (exact) mass is 377 g/mol. The average molecular weight is 379 g/mol. The summed E-state index contributed by atoms with van der Waals surface area (Å²) in [6, 6.07) is 4.19. The Hall–Kier alpha value is -0.0600. The van der Waals surface area contributed by atoms with Gasteiger partial charge in [-0.15, -0.1) is 0 Å². The second-order valence-corrected chi connectivity index (χ2v) is 6.51. The van der Waals surface area contributed by atoms with Crippen LogP contribution in [-0.4, -0.2) is 13.7 Å². The highest BCUT2D eigenvalue weighted by molar-refractivity contribution is 9.11. The van der Waals surface area contributed by atoms with E-state index in [1.807, 2.05) is 7.05 Å². The highest BCUT2D eigenvalue weighted by atomic mass is 79.9. The van der Waals surface area contributed by atoms with Crippen LogP contribution < -0.4 is 10.1 Å². The molecule has 0 bridgehead atoms. The summed E-state index contributed by atoms with van der Waals surface area (Å²) in [4.78, 5) is 0. The standard InChI is InChI=1S/C14H21Br2NO/c1-10(2)5-4-6-18-14-12(15)7-11(9-17-3)8-13(14)16/h7-8,10,17H,4-6,9H2,1-3H3. The van der Waals surface area contributed by atoms with Gasteiger partial charge in [0, 0.05) is 6.54 Å². The summed E-state index contributed by atoms with van der Waals surface area (Å²) in [5.74, 6) is 1.64. The van der Waals surface area contributed by atoms with E-state index in [0.717, 1.165) is 40.2 Å². The fraction of sp³-hybridized carbons (Fsp3) is 0.571. The van der Waals surface area contributed by atoms with Gasteiger partial charge in [-0.05, 0) is 75.4 Å². The molecule has 102 valence electrons. The van der Waals surface area contributed by atoms with Crippen molar-refractivity contribution in [3.05, 3.63) is 26.6 Å². The Morgan fingerprint density at radius 2 is 1.83 bits per heavy atom. The van der Waals surface area contributed by atoms with Gasteiger partial charge in [-0.2, -0.15) is 0 Å². The molecule has 0 heterocycles. The lowest BCUT2D eigenvalue weighted by molar-refractivity contribution is 0.294. The molecule has 4 heteroatoms. The summed E-state index contributed by atoms with van der Waals surface area (Å²) >= 11 is 7.13. The lowest BCUT2D eigenvalue weighted by Gasteiger charge is -2.13. The van der Waals surface area contributed by atoms with Crippen LogP contribution in [0.5, 0.6) is 5.75 Å². The van der Waals surface area contributed by atoms with Gasteiger partial charge < -0.3 is 10.1 Å². The minimum Gasteiger partial charge on any atom is -0.491 e. The Morgan fingerprint density at radius 1 is 1.22 bits per heavy atom. The Labute approximate surface area is 127 Å². The molecule has 0 aromatic heterocycles. The molecule has 0 aliphatic heterocycles. The van der Waals surface area contributed by atoms with E-state index in [4.69, 9.17) is 4.74 Å². The van der Waals surface area contributed by atoms with E-state index in [-0.39, 0.29) is 0 Å². The van der Waals surface area contributed by atoms with Gasteiger partial charge in [0.2, 0.25) is 0 Å². The highest BCUT2D eigenvalue weighted by Gasteiger charge is 2.08. The van der Waals surface area contributed by atoms with Crippen LogP contribution in [0.15, 0.2) is 21.1 Å². The predicted octanol–water partition coefficient (Wildman–Crippen LogP) is 4.75. The van der Waals surface area contributed by atoms with Crippen LogP contribution in [0.25, 0.3) is 0 Å². The van der Waals surface area contributed by atoms with E-state index in [1.165, 1.54) is 12.0 Å². The molecule has 0 spiro atoms. The Balaban J connectivity index is 2.60. The van der Waals surface area contributed by atoms with Crippen molar-refractivity contribution >= 4 is 31.9 Å². The van der Waals surface area contributed by atoms with E-state index >= 15 is 0 Å². The zero-order valence-electron chi connectivity index (χ0n) is 11.2. The first-order chi connectivity index (χ1) is 8.54. The minimum atomic E-state index is 0.735. The molecule has 18 heavy (non-hydrogen) atoms. The van der Waals surface area contributed by atoms with Crippen LogP contribution in [0.1, 0.15) is 32.3 Å². The van der Waals surface area contributed by atoms with E-state index in [9.17, 15) is 0 Å². The molecule has 1 N–H and O–H groups in total. The van der Waals surface area contributed by atoms with E-state index < -0.39 is 0 Å². The van der Waals surface area contributed by atoms with E-state index in [1.54, 1.807) is 0 Å². The summed E-state index contributed by atoms with van der Waals surface area (Å²) in [7, 11) is 1.94. The zero-order valence-corrected chi connectivity index (χ0v) is 14.4. The maximum atomic E-state index is 5.84. The maximum Gasteiger partial charge on any atom is 0.147 e. The molecule has 0 amide bonds. The summed E-state index contributed by atoms with van der Waals surface area (Å²) in [5.41, 5.74) is 1.23. The Bertz CT molecular complexity index is 357. The SMILES string of the molecule is CNCc1cc(Br)c(OCCCC(C)C)c(Br)c1. The molecule has 0 aliphatic rings. The summed E-state index contributed by atoms with van der Waals surface area (Å²) in [5, 5.41) is 3.14. The molecule has 1 aromatic carbocycles. The van der Waals surface area contributed by atoms with Crippen molar-refractivity contribution in [1.82, 2.24) is 5.32 Å². The van der Waals surface area contributed by atoms with Crippen LogP contribution in [0.2, 0.25) is 0 Å². The largest absolute Gasteiger partial charge is 0.491 e. The van der Waals surface area contributed by atoms with Gasteiger partial charge in [0.15, 0.2) is 0 Å². The topological polar surface area (TPSA) is 21.3 Å². The van der Waals surface area contributed by atoms with Gasteiger partial charge in [0.05, 0.1) is 15.6 Å². The molecule has 0 radical (unpaired) electrons. The van der Waals surface area contributed by atoms with Crippen molar-refractivity contribution in [2.75, 3.05) is 13.7 Å². The van der Waals surface area contributed by atoms with Gasteiger partial charge in [0.25, 0.3) is 0 Å². The van der Waals surface area contributed by atoms with Gasteiger partial charge in [-0.3, -0.25) is 0 Å². The van der Waals surface area contributed by atoms with Crippen molar-refractivity contribution in [2.45, 2.75) is 33.2 Å². The van der Waals surface area contributed by atoms with E-state index in [2.05, 4.69) is 63.2 Å². The third kappa shape index (κ3) is 5.29. The Morgan fingerprint density at radius 3 is 2.33 bits per heavy atom. The lowest BCUT2D eigenvalue weighted by atomic mass is 10.1. The molecular formula is C14H21Br2NO. The first kappa shape index (κ1) is 16.0. The fourth-order valence-corrected chi connectivity index (χ4v) is 3.23. The first-order valence-corrected chi connectivity index (χ1v) is 7.88. The van der Waals surface area contributed by atoms with Crippen molar-refractivity contribution in [2.24, 2.45) is 5.92 Å². The van der Waals surface area contributed by atoms with Gasteiger partial charge in [-0.25, -0.2) is 0 Å². The number of ether oxygens (including phenoxy) is 1. The van der Waals surface area contributed by atoms with Gasteiger partial charge >= 0.3 is 0 Å². The average Bonchev–Trinajstić information content (AvgIpc) is 2.27. The van der Waals surface area contributed by atoms with Crippen LogP contribution >= 0.6 is 31.9 Å². The van der Waals surface area contributed by atoms with Crippen LogP contribution in [0.4, 0.5) is 0 Å². The summed E-state index contributed by atoms with van der Waals surface area (Å²) in [6.45, 7) is 6.09. The van der Waals surface area contributed by atoms with Crippen molar-refractivity contribution in [3.8, 4) is 5.75 Å². The van der Waals surface area contributed by atoms with E-state index in [0.29, 0.717) is 0 Å². The predicted molar refractivity (Wildman–Crippen MR) is 84.2 cm³/mol. The second-order valence-electron chi connectivity index (χ2n) is 4.80. The van der Waals surface area contributed by atoms with Gasteiger partial charge in [0.1, 0.15) is 5.75 Å². The number of benzene rings is 1. The number of nitrogens with one attached hydrogen (secondary N) is 1. The normalized spacial score (nSPS) is 11.0. The molecule has 0 fully saturated rings. The molecule has 0 unspecified atom stereocenters. The van der Waals surface area contributed by atoms with Gasteiger partial charge in [-0.1, -0.05) is 13.8 Å². The number of rotatable bonds is 7. The first-order valence-electron chi connectivity index (χ1n) is 6.30. The quantitative estimate of drug-likeness (QED) is 0.691. The number of halogens is 2. The molecular weight excluding hydrogens is 358 g/mol. The third-order valence-corrected chi connectivity index (χ3v) is 3.79. The minimum absolute atomic E-state index is 0.735. The molecule has 1 aromatic rings. The van der Waals surface area contributed by atoms with Crippen LogP contribution in [-0.2, 0) is 6.54 Å². The number of hydrogen-bond acceptors (Lipinski definition) is 2. The summed E-state index contributed by atoms with van der Waals surface area (Å²) in [6.07, 6.45) is 2.29. The number of hydrogen-bond donors (Lipinski definition) is 1. The molecule has 0 atom stereocenters.